The zero-order valence-corrected chi connectivity index (χ0v) is 47.1. The van der Waals surface area contributed by atoms with Gasteiger partial charge in [0.1, 0.15) is 72.2 Å². The number of rotatable bonds is 19. The number of nitrogens with one attached hydrogen (secondary N) is 6. The predicted octanol–water partition coefficient (Wildman–Crippen LogP) is 1.57. The molecule has 2 heterocycles. The number of hydrogen-bond donors (Lipinski definition) is 9. The Labute approximate surface area is 471 Å². The summed E-state index contributed by atoms with van der Waals surface area (Å²) >= 11 is 0. The van der Waals surface area contributed by atoms with E-state index in [2.05, 4.69) is 31.9 Å². The third-order valence-electron chi connectivity index (χ3n) is 14.6. The fourth-order valence-electron chi connectivity index (χ4n) is 9.70. The van der Waals surface area contributed by atoms with E-state index in [1.165, 1.54) is 55.3 Å². The highest BCUT2D eigenvalue weighted by atomic mass is 16.5. The van der Waals surface area contributed by atoms with Gasteiger partial charge in [-0.3, -0.25) is 38.4 Å². The molecule has 0 unspecified atom stereocenters. The number of piperidine rings is 1. The van der Waals surface area contributed by atoms with Crippen molar-refractivity contribution in [2.24, 2.45) is 11.8 Å². The van der Waals surface area contributed by atoms with Crippen LogP contribution >= 0.6 is 0 Å². The lowest BCUT2D eigenvalue weighted by molar-refractivity contribution is -0.167. The minimum Gasteiger partial charge on any atom is -0.508 e. The third kappa shape index (κ3) is 17.7. The lowest BCUT2D eigenvalue weighted by Crippen LogP contribution is -2.66. The zero-order valence-electron chi connectivity index (χ0n) is 47.1. The maximum atomic E-state index is 14.9. The van der Waals surface area contributed by atoms with Crippen LogP contribution in [0.4, 0.5) is 0 Å². The summed E-state index contributed by atoms with van der Waals surface area (Å²) in [4.78, 5) is 144. The lowest BCUT2D eigenvalue weighted by atomic mass is 9.93. The van der Waals surface area contributed by atoms with Crippen molar-refractivity contribution in [3.8, 4) is 11.5 Å². The second-order valence-corrected chi connectivity index (χ2v) is 21.1. The van der Waals surface area contributed by atoms with E-state index in [0.717, 1.165) is 12.0 Å². The molecular weight excluding hydrogens is 1050 g/mol. The van der Waals surface area contributed by atoms with Gasteiger partial charge >= 0.3 is 11.9 Å². The molecule has 0 aliphatic carbocycles. The fourth-order valence-corrected chi connectivity index (χ4v) is 9.70. The van der Waals surface area contributed by atoms with Gasteiger partial charge in [0.15, 0.2) is 0 Å². The Hall–Kier alpha value is -8.08. The van der Waals surface area contributed by atoms with Gasteiger partial charge in [-0.05, 0) is 85.4 Å². The Balaban J connectivity index is 1.54. The molecule has 0 radical (unpaired) electrons. The van der Waals surface area contributed by atoms with Gasteiger partial charge in [0.05, 0.1) is 7.11 Å². The first-order valence-corrected chi connectivity index (χ1v) is 27.4. The molecule has 2 saturated heterocycles. The van der Waals surface area contributed by atoms with E-state index < -0.39 is 145 Å². The van der Waals surface area contributed by atoms with E-state index in [-0.39, 0.29) is 50.0 Å². The number of aliphatic hydroxyl groups is 1. The Bertz CT molecular complexity index is 2690. The monoisotopic (exact) mass is 1130 g/mol. The summed E-state index contributed by atoms with van der Waals surface area (Å²) < 4.78 is 10.9. The standard InChI is InChI=1S/C58H78N8O15/c1-9-14-45(69)59-42(29-36-17-21-38(67)22-18-36)51(72)61-41(57(78)80-8)25-27-46(70)63-49-34(6)81-58(79)48(33(5)10-2)64-53(74)44(31-35-15-12-11-13-16-35)65(7)56(77)50(32(3)4)66-47(71)28-26-40(55(66)76)60-52(73)43(62-54(49)75)30-37-19-23-39(68)24-20-37/h11-13,15-24,32-34,40-44,47-50,67-68,71H,9-10,14,25-31H2,1-8H3,(H,59,69)(H,60,73)(H,61,72)(H,62,75)(H,63,70)(H,64,74)/t33-,34-,40-,41-,42-,43-,44-,47+,48-,49-,50+/m0/s1. The molecule has 2 aliphatic rings. The molecule has 8 amide bonds. The van der Waals surface area contributed by atoms with Crippen LogP contribution in [0.15, 0.2) is 78.9 Å². The number of likely N-dealkylation sites (N-methyl/N-ethyl adjacent to an activating group) is 1. The number of hydrogen-bond acceptors (Lipinski definition) is 15. The number of carbonyl (C=O) groups is 10. The average molecular weight is 1130 g/mol. The summed E-state index contributed by atoms with van der Waals surface area (Å²) in [6.07, 6.45) is -3.70. The SMILES string of the molecule is CCCC(=O)N[C@@H](Cc1ccc(O)cc1)C(=O)N[C@@H](CCC(=O)N[C@@H]1C(=O)N[C@@H](Cc2ccc(O)cc2)C(=O)N[C@H]2CC[C@@H](O)N(C2=O)[C@H](C(C)C)C(=O)N(C)[C@@H](Cc2ccccc2)C(=O)N[C@@H]([C@@H](C)CC)C(=O)O[C@H]1C)C(=O)OC. The molecule has 81 heavy (non-hydrogen) atoms. The summed E-state index contributed by atoms with van der Waals surface area (Å²) in [5, 5.41) is 47.3. The van der Waals surface area contributed by atoms with Crippen LogP contribution in [0.1, 0.15) is 103 Å². The van der Waals surface area contributed by atoms with E-state index in [4.69, 9.17) is 9.47 Å². The molecule has 23 nitrogen and oxygen atoms in total. The highest BCUT2D eigenvalue weighted by Gasteiger charge is 2.47. The molecule has 9 N–H and O–H groups in total. The van der Waals surface area contributed by atoms with Crippen molar-refractivity contribution in [2.75, 3.05) is 14.2 Å². The number of phenolic OH excluding ortho intramolecular Hbond substituents is 2. The van der Waals surface area contributed by atoms with Crippen molar-refractivity contribution in [3.05, 3.63) is 95.6 Å². The summed E-state index contributed by atoms with van der Waals surface area (Å²) in [6.45, 7) is 9.84. The van der Waals surface area contributed by atoms with Crippen LogP contribution < -0.4 is 31.9 Å². The average Bonchev–Trinajstić information content (AvgIpc) is 3.60. The number of amides is 8. The highest BCUT2D eigenvalue weighted by Crippen LogP contribution is 2.27. The number of methoxy groups -OCH3 is 1. The molecule has 0 spiro atoms. The normalized spacial score (nSPS) is 23.4. The van der Waals surface area contributed by atoms with Crippen molar-refractivity contribution in [1.82, 2.24) is 41.7 Å². The molecule has 0 aromatic heterocycles. The van der Waals surface area contributed by atoms with Gasteiger partial charge < -0.3 is 66.5 Å². The third-order valence-corrected chi connectivity index (χ3v) is 14.6. The van der Waals surface area contributed by atoms with Gasteiger partial charge in [-0.2, -0.15) is 0 Å². The molecule has 3 aromatic carbocycles. The van der Waals surface area contributed by atoms with Gasteiger partial charge in [-0.1, -0.05) is 95.6 Å². The molecule has 11 atom stereocenters. The highest BCUT2D eigenvalue weighted by molar-refractivity contribution is 5.98. The number of aliphatic hydroxyl groups excluding tert-OH is 1. The number of carbonyl (C=O) groups excluding carboxylic acids is 10. The van der Waals surface area contributed by atoms with Crippen LogP contribution in [0.3, 0.4) is 0 Å². The smallest absolute Gasteiger partial charge is 0.329 e. The summed E-state index contributed by atoms with van der Waals surface area (Å²) in [5.74, 6) is -9.81. The molecule has 0 saturated carbocycles. The molecule has 440 valence electrons. The first-order chi connectivity index (χ1) is 38.5. The molecule has 2 fully saturated rings. The van der Waals surface area contributed by atoms with Crippen molar-refractivity contribution >= 4 is 59.2 Å². The van der Waals surface area contributed by atoms with Crippen LogP contribution in [0.5, 0.6) is 11.5 Å². The Morgan fingerprint density at radius 1 is 0.728 bits per heavy atom. The first kappa shape index (κ1) is 63.7. The lowest BCUT2D eigenvalue weighted by Gasteiger charge is -2.44. The van der Waals surface area contributed by atoms with E-state index in [0.29, 0.717) is 29.5 Å². The summed E-state index contributed by atoms with van der Waals surface area (Å²) in [5.41, 5.74) is 1.63. The van der Waals surface area contributed by atoms with Crippen LogP contribution in [0.2, 0.25) is 0 Å². The maximum absolute atomic E-state index is 14.9. The number of fused-ring (bicyclic) bond motifs is 2. The van der Waals surface area contributed by atoms with Crippen molar-refractivity contribution in [3.63, 3.8) is 0 Å². The van der Waals surface area contributed by atoms with Gasteiger partial charge in [-0.15, -0.1) is 0 Å². The number of phenols is 2. The Kier molecular flexibility index (Phi) is 23.6. The molecular formula is C58H78N8O15. The topological polar surface area (TPSA) is 329 Å². The van der Waals surface area contributed by atoms with Crippen molar-refractivity contribution < 1.29 is 72.7 Å². The van der Waals surface area contributed by atoms with Crippen LogP contribution in [-0.4, -0.2) is 159 Å². The summed E-state index contributed by atoms with van der Waals surface area (Å²) in [7, 11) is 2.45. The molecule has 2 aliphatic heterocycles. The molecule has 23 heteroatoms. The number of aromatic hydroxyl groups is 2. The predicted molar refractivity (Wildman–Crippen MR) is 294 cm³/mol. The van der Waals surface area contributed by atoms with Crippen molar-refractivity contribution in [2.45, 2.75) is 166 Å². The minimum absolute atomic E-state index is 0.0259. The second kappa shape index (κ2) is 29.9. The number of cyclic esters (lactones) is 1. The van der Waals surface area contributed by atoms with Gasteiger partial charge in [0.2, 0.25) is 47.3 Å². The Morgan fingerprint density at radius 2 is 1.35 bits per heavy atom. The van der Waals surface area contributed by atoms with Crippen LogP contribution in [-0.2, 0) is 76.7 Å². The Morgan fingerprint density at radius 3 is 1.94 bits per heavy atom. The zero-order chi connectivity index (χ0) is 59.7. The summed E-state index contributed by atoms with van der Waals surface area (Å²) in [6, 6.07) is 8.92. The van der Waals surface area contributed by atoms with E-state index in [1.807, 2.05) is 0 Å². The number of ether oxygens (including phenoxy) is 2. The minimum atomic E-state index is -1.81. The maximum Gasteiger partial charge on any atom is 0.329 e. The van der Waals surface area contributed by atoms with E-state index >= 15 is 0 Å². The first-order valence-electron chi connectivity index (χ1n) is 27.4. The fraction of sp³-hybridized carbons (Fsp3) is 0.517. The quantitative estimate of drug-likeness (QED) is 0.0770. The number of esters is 2. The largest absolute Gasteiger partial charge is 0.508 e. The molecule has 3 aromatic rings. The van der Waals surface area contributed by atoms with Crippen molar-refractivity contribution in [1.29, 1.82) is 0 Å². The van der Waals surface area contributed by atoms with Gasteiger partial charge in [-0.25, -0.2) is 9.59 Å². The van der Waals surface area contributed by atoms with Gasteiger partial charge in [0.25, 0.3) is 0 Å². The molecule has 2 bridgehead atoms. The van der Waals surface area contributed by atoms with E-state index in [9.17, 15) is 63.3 Å². The molecule has 5 rings (SSSR count). The number of benzene rings is 3. The number of nitrogens with zero attached hydrogens (tertiary/aromatic N) is 2. The van der Waals surface area contributed by atoms with Gasteiger partial charge in [0, 0.05) is 39.2 Å². The second-order valence-electron chi connectivity index (χ2n) is 21.1. The van der Waals surface area contributed by atoms with Crippen LogP contribution in [0, 0.1) is 11.8 Å². The van der Waals surface area contributed by atoms with Crippen LogP contribution in [0.25, 0.3) is 0 Å². The van der Waals surface area contributed by atoms with E-state index in [1.54, 1.807) is 77.1 Å².